The van der Waals surface area contributed by atoms with E-state index in [1.54, 1.807) is 34.1 Å². The first-order valence-electron chi connectivity index (χ1n) is 9.35. The molecule has 0 unspecified atom stereocenters. The number of fused-ring (bicyclic) bond motifs is 1. The van der Waals surface area contributed by atoms with Crippen molar-refractivity contribution < 1.29 is 9.53 Å². The lowest BCUT2D eigenvalue weighted by Crippen LogP contribution is -2.50. The molecule has 3 heterocycles. The summed E-state index contributed by atoms with van der Waals surface area (Å²) in [6, 6.07) is 15.1. The molecule has 5 rings (SSSR count). The molecule has 0 radical (unpaired) electrons. The molecule has 0 atom stereocenters. The Morgan fingerprint density at radius 3 is 2.66 bits per heavy atom. The van der Waals surface area contributed by atoms with Crippen molar-refractivity contribution in [3.05, 3.63) is 78.4 Å². The molecule has 0 aliphatic carbocycles. The van der Waals surface area contributed by atoms with E-state index in [1.165, 1.54) is 0 Å². The molecule has 1 saturated heterocycles. The Kier molecular flexibility index (Phi) is 4.36. The van der Waals surface area contributed by atoms with Crippen LogP contribution in [0.5, 0.6) is 5.75 Å². The van der Waals surface area contributed by atoms with Crippen molar-refractivity contribution in [2.75, 3.05) is 13.1 Å². The Labute approximate surface area is 166 Å². The van der Waals surface area contributed by atoms with Crippen molar-refractivity contribution in [2.45, 2.75) is 12.6 Å². The number of aromatic nitrogens is 5. The SMILES string of the molecule is O=C(c1ccc2nccnc2c1)N1CC(n2cc(COc3ccccc3)nn2)C1. The van der Waals surface area contributed by atoms with Gasteiger partial charge in [0.1, 0.15) is 18.1 Å². The van der Waals surface area contributed by atoms with E-state index in [0.29, 0.717) is 25.3 Å². The number of hydrogen-bond acceptors (Lipinski definition) is 6. The van der Waals surface area contributed by atoms with Gasteiger partial charge in [-0.15, -0.1) is 5.10 Å². The summed E-state index contributed by atoms with van der Waals surface area (Å²) in [5.74, 6) is 0.782. The van der Waals surface area contributed by atoms with Crippen LogP contribution in [0.25, 0.3) is 11.0 Å². The summed E-state index contributed by atoms with van der Waals surface area (Å²) < 4.78 is 7.50. The van der Waals surface area contributed by atoms with E-state index in [0.717, 1.165) is 22.5 Å². The first-order valence-corrected chi connectivity index (χ1v) is 9.35. The number of benzene rings is 2. The highest BCUT2D eigenvalue weighted by Crippen LogP contribution is 2.24. The molecule has 4 aromatic rings. The number of rotatable bonds is 5. The molecule has 1 amide bonds. The minimum atomic E-state index is -0.0125. The Balaban J connectivity index is 1.19. The zero-order valence-electron chi connectivity index (χ0n) is 15.5. The van der Waals surface area contributed by atoms with Crippen LogP contribution in [0.1, 0.15) is 22.1 Å². The minimum Gasteiger partial charge on any atom is -0.487 e. The molecule has 29 heavy (non-hydrogen) atoms. The summed E-state index contributed by atoms with van der Waals surface area (Å²) in [5.41, 5.74) is 2.87. The Hall–Kier alpha value is -3.81. The van der Waals surface area contributed by atoms with Gasteiger partial charge in [0.15, 0.2) is 0 Å². The Morgan fingerprint density at radius 2 is 1.83 bits per heavy atom. The zero-order chi connectivity index (χ0) is 19.6. The standard InChI is InChI=1S/C21H18N6O2/c28-21(15-6-7-19-20(10-15)23-9-8-22-19)26-12-17(13-26)27-11-16(24-25-27)14-29-18-4-2-1-3-5-18/h1-11,17H,12-14H2. The summed E-state index contributed by atoms with van der Waals surface area (Å²) in [6.07, 6.45) is 5.14. The molecular weight excluding hydrogens is 368 g/mol. The maximum Gasteiger partial charge on any atom is 0.254 e. The van der Waals surface area contributed by atoms with Crippen LogP contribution in [0.15, 0.2) is 67.1 Å². The van der Waals surface area contributed by atoms with Crippen molar-refractivity contribution in [1.29, 1.82) is 0 Å². The lowest BCUT2D eigenvalue weighted by Gasteiger charge is -2.38. The van der Waals surface area contributed by atoms with E-state index in [1.807, 2.05) is 42.6 Å². The number of para-hydroxylation sites is 1. The number of hydrogen-bond donors (Lipinski definition) is 0. The van der Waals surface area contributed by atoms with E-state index >= 15 is 0 Å². The van der Waals surface area contributed by atoms with Gasteiger partial charge in [-0.3, -0.25) is 14.8 Å². The van der Waals surface area contributed by atoms with E-state index < -0.39 is 0 Å². The number of carbonyl (C=O) groups is 1. The minimum absolute atomic E-state index is 0.0125. The van der Waals surface area contributed by atoms with Crippen LogP contribution < -0.4 is 4.74 Å². The van der Waals surface area contributed by atoms with E-state index in [-0.39, 0.29) is 11.9 Å². The van der Waals surface area contributed by atoms with Crippen LogP contribution in [0.2, 0.25) is 0 Å². The van der Waals surface area contributed by atoms with Crippen molar-refractivity contribution in [3.8, 4) is 5.75 Å². The molecular formula is C21H18N6O2. The second-order valence-corrected chi connectivity index (χ2v) is 6.92. The van der Waals surface area contributed by atoms with E-state index in [2.05, 4.69) is 20.3 Å². The molecule has 8 nitrogen and oxygen atoms in total. The smallest absolute Gasteiger partial charge is 0.254 e. The normalized spacial score (nSPS) is 14.0. The van der Waals surface area contributed by atoms with Crippen molar-refractivity contribution in [3.63, 3.8) is 0 Å². The molecule has 2 aromatic carbocycles. The maximum atomic E-state index is 12.7. The Bertz CT molecular complexity index is 1150. The van der Waals surface area contributed by atoms with Gasteiger partial charge in [-0.05, 0) is 30.3 Å². The molecule has 1 fully saturated rings. The third kappa shape index (κ3) is 3.52. The van der Waals surface area contributed by atoms with Crippen LogP contribution >= 0.6 is 0 Å². The fraction of sp³-hybridized carbons (Fsp3) is 0.190. The second-order valence-electron chi connectivity index (χ2n) is 6.92. The highest BCUT2D eigenvalue weighted by atomic mass is 16.5. The van der Waals surface area contributed by atoms with Gasteiger partial charge in [0.2, 0.25) is 0 Å². The lowest BCUT2D eigenvalue weighted by molar-refractivity contribution is 0.0498. The van der Waals surface area contributed by atoms with Crippen LogP contribution in [-0.4, -0.2) is 48.9 Å². The average Bonchev–Trinajstić information content (AvgIpc) is 3.20. The number of likely N-dealkylation sites (tertiary alicyclic amines) is 1. The summed E-state index contributed by atoms with van der Waals surface area (Å²) in [7, 11) is 0. The number of amides is 1. The molecule has 144 valence electrons. The van der Waals surface area contributed by atoms with Gasteiger partial charge < -0.3 is 9.64 Å². The Morgan fingerprint density at radius 1 is 1.03 bits per heavy atom. The summed E-state index contributed by atoms with van der Waals surface area (Å²) in [5, 5.41) is 8.35. The van der Waals surface area contributed by atoms with Crippen LogP contribution in [-0.2, 0) is 6.61 Å². The van der Waals surface area contributed by atoms with Gasteiger partial charge in [0.05, 0.1) is 23.3 Å². The lowest BCUT2D eigenvalue weighted by atomic mass is 10.1. The average molecular weight is 386 g/mol. The zero-order valence-corrected chi connectivity index (χ0v) is 15.5. The van der Waals surface area contributed by atoms with Crippen molar-refractivity contribution in [1.82, 2.24) is 29.9 Å². The predicted molar refractivity (Wildman–Crippen MR) is 105 cm³/mol. The highest BCUT2D eigenvalue weighted by molar-refractivity contribution is 5.97. The quantitative estimate of drug-likeness (QED) is 0.524. The number of carbonyl (C=O) groups excluding carboxylic acids is 1. The third-order valence-corrected chi connectivity index (χ3v) is 4.93. The fourth-order valence-corrected chi connectivity index (χ4v) is 3.30. The highest BCUT2D eigenvalue weighted by Gasteiger charge is 2.33. The van der Waals surface area contributed by atoms with Crippen molar-refractivity contribution >= 4 is 16.9 Å². The first kappa shape index (κ1) is 17.3. The van der Waals surface area contributed by atoms with Gasteiger partial charge >= 0.3 is 0 Å². The molecule has 1 aliphatic heterocycles. The predicted octanol–water partition coefficient (Wildman–Crippen LogP) is 2.50. The third-order valence-electron chi connectivity index (χ3n) is 4.93. The number of nitrogens with zero attached hydrogens (tertiary/aromatic N) is 6. The van der Waals surface area contributed by atoms with Crippen LogP contribution in [0.3, 0.4) is 0 Å². The van der Waals surface area contributed by atoms with Gasteiger partial charge in [-0.1, -0.05) is 23.4 Å². The van der Waals surface area contributed by atoms with Crippen LogP contribution in [0.4, 0.5) is 0 Å². The molecule has 0 bridgehead atoms. The molecule has 2 aromatic heterocycles. The van der Waals surface area contributed by atoms with E-state index in [4.69, 9.17) is 4.74 Å². The fourth-order valence-electron chi connectivity index (χ4n) is 3.30. The molecule has 8 heteroatoms. The summed E-state index contributed by atoms with van der Waals surface area (Å²) in [4.78, 5) is 23.0. The number of ether oxygens (including phenoxy) is 1. The van der Waals surface area contributed by atoms with Gasteiger partial charge in [0, 0.05) is 31.0 Å². The topological polar surface area (TPSA) is 86.0 Å². The molecule has 0 saturated carbocycles. The molecule has 0 N–H and O–H groups in total. The van der Waals surface area contributed by atoms with E-state index in [9.17, 15) is 4.79 Å². The summed E-state index contributed by atoms with van der Waals surface area (Å²) >= 11 is 0. The first-order chi connectivity index (χ1) is 14.3. The van der Waals surface area contributed by atoms with Crippen LogP contribution in [0, 0.1) is 0 Å². The van der Waals surface area contributed by atoms with Gasteiger partial charge in [-0.25, -0.2) is 4.68 Å². The molecule has 0 spiro atoms. The van der Waals surface area contributed by atoms with Crippen molar-refractivity contribution in [2.24, 2.45) is 0 Å². The largest absolute Gasteiger partial charge is 0.487 e. The molecule has 1 aliphatic rings. The second kappa shape index (κ2) is 7.31. The monoisotopic (exact) mass is 386 g/mol. The maximum absolute atomic E-state index is 12.7. The van der Waals surface area contributed by atoms with Gasteiger partial charge in [-0.2, -0.15) is 0 Å². The summed E-state index contributed by atoms with van der Waals surface area (Å²) in [6.45, 7) is 1.55. The van der Waals surface area contributed by atoms with Gasteiger partial charge in [0.25, 0.3) is 5.91 Å².